The molecule has 134 valence electrons. The molecule has 0 saturated carbocycles. The molecule has 0 bridgehead atoms. The molecule has 0 radical (unpaired) electrons. The zero-order valence-electron chi connectivity index (χ0n) is 14.3. The van der Waals surface area contributed by atoms with E-state index >= 15 is 0 Å². The Labute approximate surface area is 154 Å². The standard InChI is InChI=1S/C18H17ClN4O3/c1-3-23-16-7-4-12(9-15(16)21-22-23)18(25)26-10-17(24)20-14-6-5-13(19)8-11(14)2/h4-9H,3,10H2,1-2H3,(H,20,24). The van der Waals surface area contributed by atoms with Crippen molar-refractivity contribution in [3.8, 4) is 0 Å². The first-order chi connectivity index (χ1) is 12.5. The molecule has 0 saturated heterocycles. The fourth-order valence-electron chi connectivity index (χ4n) is 2.50. The Hall–Kier alpha value is -2.93. The number of hydrogen-bond acceptors (Lipinski definition) is 5. The third-order valence-electron chi connectivity index (χ3n) is 3.85. The highest BCUT2D eigenvalue weighted by Crippen LogP contribution is 2.19. The molecule has 1 amide bonds. The Morgan fingerprint density at radius 1 is 1.23 bits per heavy atom. The predicted molar refractivity (Wildman–Crippen MR) is 98.3 cm³/mol. The van der Waals surface area contributed by atoms with Gasteiger partial charge in [-0.05, 0) is 55.8 Å². The van der Waals surface area contributed by atoms with Crippen molar-refractivity contribution in [2.75, 3.05) is 11.9 Å². The van der Waals surface area contributed by atoms with Crippen LogP contribution in [-0.4, -0.2) is 33.5 Å². The summed E-state index contributed by atoms with van der Waals surface area (Å²) in [5, 5.41) is 11.3. The van der Waals surface area contributed by atoms with Crippen LogP contribution in [0.3, 0.4) is 0 Å². The van der Waals surface area contributed by atoms with Gasteiger partial charge in [0.05, 0.1) is 11.1 Å². The van der Waals surface area contributed by atoms with Gasteiger partial charge in [-0.25, -0.2) is 9.48 Å². The van der Waals surface area contributed by atoms with Crippen LogP contribution >= 0.6 is 11.6 Å². The monoisotopic (exact) mass is 372 g/mol. The quantitative estimate of drug-likeness (QED) is 0.695. The van der Waals surface area contributed by atoms with Crippen molar-refractivity contribution in [3.63, 3.8) is 0 Å². The molecule has 2 aromatic carbocycles. The predicted octanol–water partition coefficient (Wildman–Crippen LogP) is 3.21. The van der Waals surface area contributed by atoms with Crippen molar-refractivity contribution in [2.45, 2.75) is 20.4 Å². The molecule has 0 fully saturated rings. The van der Waals surface area contributed by atoms with E-state index in [2.05, 4.69) is 15.6 Å². The van der Waals surface area contributed by atoms with Crippen molar-refractivity contribution in [2.24, 2.45) is 0 Å². The molecule has 1 aromatic heterocycles. The molecule has 7 nitrogen and oxygen atoms in total. The maximum absolute atomic E-state index is 12.2. The number of esters is 1. The Morgan fingerprint density at radius 3 is 2.77 bits per heavy atom. The van der Waals surface area contributed by atoms with Crippen LogP contribution in [0.5, 0.6) is 0 Å². The van der Waals surface area contributed by atoms with E-state index in [1.54, 1.807) is 41.1 Å². The molecular formula is C18H17ClN4O3. The molecule has 0 atom stereocenters. The maximum atomic E-state index is 12.2. The van der Waals surface area contributed by atoms with Crippen LogP contribution in [0, 0.1) is 6.92 Å². The van der Waals surface area contributed by atoms with Gasteiger partial charge in [0.2, 0.25) is 0 Å². The number of carbonyl (C=O) groups is 2. The Kier molecular flexibility index (Phi) is 5.18. The van der Waals surface area contributed by atoms with Gasteiger partial charge in [-0.3, -0.25) is 4.79 Å². The maximum Gasteiger partial charge on any atom is 0.338 e. The molecular weight excluding hydrogens is 356 g/mol. The summed E-state index contributed by atoms with van der Waals surface area (Å²) in [5.74, 6) is -1.03. The van der Waals surface area contributed by atoms with Gasteiger partial charge in [0.1, 0.15) is 5.52 Å². The number of ether oxygens (including phenoxy) is 1. The number of hydrogen-bond donors (Lipinski definition) is 1. The minimum Gasteiger partial charge on any atom is -0.452 e. The highest BCUT2D eigenvalue weighted by molar-refractivity contribution is 6.30. The summed E-state index contributed by atoms with van der Waals surface area (Å²) in [7, 11) is 0. The number of nitrogens with zero attached hydrogens (tertiary/aromatic N) is 3. The molecule has 0 aliphatic rings. The lowest BCUT2D eigenvalue weighted by Crippen LogP contribution is -2.21. The summed E-state index contributed by atoms with van der Waals surface area (Å²) in [5.41, 5.74) is 3.19. The third kappa shape index (κ3) is 3.83. The first-order valence-electron chi connectivity index (χ1n) is 8.04. The molecule has 0 aliphatic heterocycles. The van der Waals surface area contributed by atoms with E-state index in [-0.39, 0.29) is 6.61 Å². The SMILES string of the molecule is CCn1nnc2cc(C(=O)OCC(=O)Nc3ccc(Cl)cc3C)ccc21. The van der Waals surface area contributed by atoms with Gasteiger partial charge < -0.3 is 10.1 Å². The van der Waals surface area contributed by atoms with Gasteiger partial charge in [0.15, 0.2) is 6.61 Å². The topological polar surface area (TPSA) is 86.1 Å². The average Bonchev–Trinajstić information content (AvgIpc) is 3.04. The number of rotatable bonds is 5. The highest BCUT2D eigenvalue weighted by atomic mass is 35.5. The summed E-state index contributed by atoms with van der Waals surface area (Å²) in [4.78, 5) is 24.2. The van der Waals surface area contributed by atoms with E-state index in [1.807, 2.05) is 13.8 Å². The summed E-state index contributed by atoms with van der Waals surface area (Å²) >= 11 is 5.88. The Morgan fingerprint density at radius 2 is 2.04 bits per heavy atom. The fraction of sp³-hybridized carbons (Fsp3) is 0.222. The largest absolute Gasteiger partial charge is 0.452 e. The van der Waals surface area contributed by atoms with Gasteiger partial charge >= 0.3 is 5.97 Å². The van der Waals surface area contributed by atoms with Crippen LogP contribution in [0.15, 0.2) is 36.4 Å². The number of nitrogens with one attached hydrogen (secondary N) is 1. The van der Waals surface area contributed by atoms with Gasteiger partial charge in [0, 0.05) is 17.3 Å². The van der Waals surface area contributed by atoms with Crippen LogP contribution < -0.4 is 5.32 Å². The number of aryl methyl sites for hydroxylation is 2. The Balaban J connectivity index is 1.62. The zero-order chi connectivity index (χ0) is 18.7. The number of halogens is 1. The minimum absolute atomic E-state index is 0.316. The van der Waals surface area contributed by atoms with Crippen molar-refractivity contribution in [1.29, 1.82) is 0 Å². The number of carbonyl (C=O) groups excluding carboxylic acids is 2. The second-order valence-corrected chi connectivity index (χ2v) is 6.13. The van der Waals surface area contributed by atoms with E-state index in [0.29, 0.717) is 28.3 Å². The van der Waals surface area contributed by atoms with E-state index in [1.165, 1.54) is 0 Å². The van der Waals surface area contributed by atoms with Gasteiger partial charge in [-0.2, -0.15) is 0 Å². The van der Waals surface area contributed by atoms with Crippen LogP contribution in [0.4, 0.5) is 5.69 Å². The normalized spacial score (nSPS) is 10.7. The van der Waals surface area contributed by atoms with Crippen molar-refractivity contribution < 1.29 is 14.3 Å². The number of anilines is 1. The number of fused-ring (bicyclic) bond motifs is 1. The average molecular weight is 373 g/mol. The van der Waals surface area contributed by atoms with E-state index in [4.69, 9.17) is 16.3 Å². The number of aromatic nitrogens is 3. The first-order valence-corrected chi connectivity index (χ1v) is 8.42. The van der Waals surface area contributed by atoms with Crippen molar-refractivity contribution in [1.82, 2.24) is 15.0 Å². The summed E-state index contributed by atoms with van der Waals surface area (Å²) in [6.07, 6.45) is 0. The van der Waals surface area contributed by atoms with Crippen LogP contribution in [0.2, 0.25) is 5.02 Å². The second-order valence-electron chi connectivity index (χ2n) is 5.69. The molecule has 3 rings (SSSR count). The molecule has 1 heterocycles. The van der Waals surface area contributed by atoms with Gasteiger partial charge in [-0.15, -0.1) is 5.10 Å². The lowest BCUT2D eigenvalue weighted by molar-refractivity contribution is -0.119. The van der Waals surface area contributed by atoms with E-state index < -0.39 is 11.9 Å². The van der Waals surface area contributed by atoms with Crippen molar-refractivity contribution >= 4 is 40.2 Å². The Bertz CT molecular complexity index is 984. The minimum atomic E-state index is -0.596. The molecule has 0 unspecified atom stereocenters. The smallest absolute Gasteiger partial charge is 0.338 e. The molecule has 0 spiro atoms. The van der Waals surface area contributed by atoms with Gasteiger partial charge in [-0.1, -0.05) is 16.8 Å². The number of benzene rings is 2. The van der Waals surface area contributed by atoms with Crippen LogP contribution in [-0.2, 0) is 16.1 Å². The first kappa shape index (κ1) is 17.9. The summed E-state index contributed by atoms with van der Waals surface area (Å²) in [6, 6.07) is 10.1. The zero-order valence-corrected chi connectivity index (χ0v) is 15.1. The molecule has 8 heteroatoms. The molecule has 0 aliphatic carbocycles. The lowest BCUT2D eigenvalue weighted by Gasteiger charge is -2.09. The highest BCUT2D eigenvalue weighted by Gasteiger charge is 2.13. The van der Waals surface area contributed by atoms with Crippen molar-refractivity contribution in [3.05, 3.63) is 52.5 Å². The fourth-order valence-corrected chi connectivity index (χ4v) is 2.73. The molecule has 1 N–H and O–H groups in total. The number of amides is 1. The second kappa shape index (κ2) is 7.53. The summed E-state index contributed by atoms with van der Waals surface area (Å²) < 4.78 is 6.80. The van der Waals surface area contributed by atoms with E-state index in [0.717, 1.165) is 11.1 Å². The molecule has 3 aromatic rings. The van der Waals surface area contributed by atoms with E-state index in [9.17, 15) is 9.59 Å². The summed E-state index contributed by atoms with van der Waals surface area (Å²) in [6.45, 7) is 4.08. The lowest BCUT2D eigenvalue weighted by atomic mass is 10.2. The van der Waals surface area contributed by atoms with Crippen LogP contribution in [0.1, 0.15) is 22.8 Å². The third-order valence-corrected chi connectivity index (χ3v) is 4.08. The van der Waals surface area contributed by atoms with Crippen LogP contribution in [0.25, 0.3) is 11.0 Å². The molecule has 26 heavy (non-hydrogen) atoms. The van der Waals surface area contributed by atoms with Gasteiger partial charge in [0.25, 0.3) is 5.91 Å².